The fourth-order valence-corrected chi connectivity index (χ4v) is 2.46. The SMILES string of the molecule is CN=C(NCc1ccc(OCC(F)(F)F)cc1)NCc1cccc(COC)c1. The van der Waals surface area contributed by atoms with Gasteiger partial charge in [0.25, 0.3) is 0 Å². The second-order valence-corrected chi connectivity index (χ2v) is 6.08. The van der Waals surface area contributed by atoms with Crippen molar-refractivity contribution in [2.45, 2.75) is 25.9 Å². The third-order valence-corrected chi connectivity index (χ3v) is 3.77. The average Bonchev–Trinajstić information content (AvgIpc) is 2.67. The van der Waals surface area contributed by atoms with Gasteiger partial charge in [0.15, 0.2) is 12.6 Å². The van der Waals surface area contributed by atoms with Crippen molar-refractivity contribution in [1.82, 2.24) is 10.6 Å². The zero-order chi connectivity index (χ0) is 20.4. The van der Waals surface area contributed by atoms with Crippen molar-refractivity contribution >= 4 is 5.96 Å². The lowest BCUT2D eigenvalue weighted by molar-refractivity contribution is -0.153. The van der Waals surface area contributed by atoms with E-state index in [-0.39, 0.29) is 5.75 Å². The predicted octanol–water partition coefficient (Wildman–Crippen LogP) is 3.64. The molecule has 0 radical (unpaired) electrons. The number of benzene rings is 2. The maximum atomic E-state index is 12.2. The van der Waals surface area contributed by atoms with Gasteiger partial charge in [0.2, 0.25) is 0 Å². The Kier molecular flexibility index (Phi) is 8.13. The van der Waals surface area contributed by atoms with E-state index in [1.54, 1.807) is 26.3 Å². The summed E-state index contributed by atoms with van der Waals surface area (Å²) in [4.78, 5) is 4.17. The van der Waals surface area contributed by atoms with Crippen molar-refractivity contribution in [3.63, 3.8) is 0 Å². The largest absolute Gasteiger partial charge is 0.484 e. The zero-order valence-electron chi connectivity index (χ0n) is 15.8. The lowest BCUT2D eigenvalue weighted by Gasteiger charge is -2.13. The summed E-state index contributed by atoms with van der Waals surface area (Å²) in [6.07, 6.45) is -4.35. The minimum Gasteiger partial charge on any atom is -0.484 e. The summed E-state index contributed by atoms with van der Waals surface area (Å²) in [6.45, 7) is 0.334. The molecular formula is C20H24F3N3O2. The van der Waals surface area contributed by atoms with Crippen LogP contribution >= 0.6 is 0 Å². The number of hydrogen-bond acceptors (Lipinski definition) is 3. The summed E-state index contributed by atoms with van der Waals surface area (Å²) in [5, 5.41) is 6.39. The molecular weight excluding hydrogens is 371 g/mol. The number of guanidine groups is 1. The third-order valence-electron chi connectivity index (χ3n) is 3.77. The van der Waals surface area contributed by atoms with Gasteiger partial charge in [-0.05, 0) is 28.8 Å². The molecule has 2 rings (SSSR count). The van der Waals surface area contributed by atoms with Crippen molar-refractivity contribution in [2.24, 2.45) is 4.99 Å². The molecule has 0 aromatic heterocycles. The molecule has 0 heterocycles. The van der Waals surface area contributed by atoms with Gasteiger partial charge in [-0.15, -0.1) is 0 Å². The Labute approximate surface area is 162 Å². The van der Waals surface area contributed by atoms with Crippen LogP contribution < -0.4 is 15.4 Å². The van der Waals surface area contributed by atoms with Crippen molar-refractivity contribution in [2.75, 3.05) is 20.8 Å². The van der Waals surface area contributed by atoms with Crippen LogP contribution in [0.15, 0.2) is 53.5 Å². The molecule has 0 aliphatic rings. The molecule has 0 unspecified atom stereocenters. The Morgan fingerprint density at radius 1 is 0.964 bits per heavy atom. The number of alkyl halides is 3. The zero-order valence-corrected chi connectivity index (χ0v) is 15.8. The monoisotopic (exact) mass is 395 g/mol. The molecule has 8 heteroatoms. The Morgan fingerprint density at radius 3 is 2.21 bits per heavy atom. The summed E-state index contributed by atoms with van der Waals surface area (Å²) in [5.74, 6) is 0.800. The van der Waals surface area contributed by atoms with Crippen molar-refractivity contribution in [3.8, 4) is 5.75 Å². The summed E-state index contributed by atoms with van der Waals surface area (Å²) >= 11 is 0. The minimum atomic E-state index is -4.35. The summed E-state index contributed by atoms with van der Waals surface area (Å²) < 4.78 is 46.3. The molecule has 2 aromatic rings. The van der Waals surface area contributed by atoms with E-state index in [0.717, 1.165) is 16.7 Å². The standard InChI is InChI=1S/C20H24F3N3O2/c1-24-19(26-12-16-4-3-5-17(10-16)13-27-2)25-11-15-6-8-18(9-7-15)28-14-20(21,22)23/h3-10H,11-14H2,1-2H3,(H2,24,25,26). The molecule has 152 valence electrons. The first-order valence-electron chi connectivity index (χ1n) is 8.69. The number of halogens is 3. The van der Waals surface area contributed by atoms with E-state index in [1.807, 2.05) is 18.2 Å². The quantitative estimate of drug-likeness (QED) is 0.529. The van der Waals surface area contributed by atoms with Gasteiger partial charge in [-0.2, -0.15) is 13.2 Å². The van der Waals surface area contributed by atoms with Gasteiger partial charge in [-0.3, -0.25) is 4.99 Å². The molecule has 0 aliphatic heterocycles. The van der Waals surface area contributed by atoms with Gasteiger partial charge in [0, 0.05) is 27.2 Å². The van der Waals surface area contributed by atoms with Crippen molar-refractivity contribution < 1.29 is 22.6 Å². The Morgan fingerprint density at radius 2 is 1.61 bits per heavy atom. The van der Waals surface area contributed by atoms with Crippen LogP contribution in [0.4, 0.5) is 13.2 Å². The number of hydrogen-bond donors (Lipinski definition) is 2. The molecule has 5 nitrogen and oxygen atoms in total. The number of methoxy groups -OCH3 is 1. The van der Waals surface area contributed by atoms with Crippen LogP contribution in [0.1, 0.15) is 16.7 Å². The summed E-state index contributed by atoms with van der Waals surface area (Å²) in [7, 11) is 3.33. The Bertz CT molecular complexity index is 762. The average molecular weight is 395 g/mol. The number of aliphatic imine (C=N–C) groups is 1. The highest BCUT2D eigenvalue weighted by Crippen LogP contribution is 2.18. The van der Waals surface area contributed by atoms with E-state index in [4.69, 9.17) is 9.47 Å². The maximum Gasteiger partial charge on any atom is 0.422 e. The van der Waals surface area contributed by atoms with Crippen LogP contribution in [-0.4, -0.2) is 32.9 Å². The van der Waals surface area contributed by atoms with Gasteiger partial charge in [-0.25, -0.2) is 0 Å². The van der Waals surface area contributed by atoms with Gasteiger partial charge < -0.3 is 20.1 Å². The predicted molar refractivity (Wildman–Crippen MR) is 102 cm³/mol. The van der Waals surface area contributed by atoms with Crippen LogP contribution in [0.2, 0.25) is 0 Å². The van der Waals surface area contributed by atoms with Crippen LogP contribution in [-0.2, 0) is 24.4 Å². The van der Waals surface area contributed by atoms with E-state index in [0.29, 0.717) is 25.7 Å². The highest BCUT2D eigenvalue weighted by atomic mass is 19.4. The second kappa shape index (κ2) is 10.6. The van der Waals surface area contributed by atoms with E-state index >= 15 is 0 Å². The van der Waals surface area contributed by atoms with Crippen LogP contribution in [0.3, 0.4) is 0 Å². The topological polar surface area (TPSA) is 54.9 Å². The minimum absolute atomic E-state index is 0.180. The fraction of sp³-hybridized carbons (Fsp3) is 0.350. The van der Waals surface area contributed by atoms with Gasteiger partial charge in [-0.1, -0.05) is 36.4 Å². The summed E-state index contributed by atoms with van der Waals surface area (Å²) in [6, 6.07) is 14.5. The molecule has 0 saturated carbocycles. The molecule has 0 bridgehead atoms. The molecule has 0 spiro atoms. The van der Waals surface area contributed by atoms with Crippen LogP contribution in [0.25, 0.3) is 0 Å². The highest BCUT2D eigenvalue weighted by molar-refractivity contribution is 5.79. The van der Waals surface area contributed by atoms with Crippen molar-refractivity contribution in [1.29, 1.82) is 0 Å². The first kappa shape index (κ1) is 21.6. The molecule has 0 fully saturated rings. The molecule has 2 N–H and O–H groups in total. The number of rotatable bonds is 8. The van der Waals surface area contributed by atoms with Crippen molar-refractivity contribution in [3.05, 3.63) is 65.2 Å². The molecule has 0 aliphatic carbocycles. The Balaban J connectivity index is 1.81. The van der Waals surface area contributed by atoms with Gasteiger partial charge in [0.1, 0.15) is 5.75 Å². The highest BCUT2D eigenvalue weighted by Gasteiger charge is 2.28. The third kappa shape index (κ3) is 7.87. The lowest BCUT2D eigenvalue weighted by Crippen LogP contribution is -2.36. The molecule has 0 atom stereocenters. The first-order chi connectivity index (χ1) is 13.4. The maximum absolute atomic E-state index is 12.2. The van der Waals surface area contributed by atoms with Gasteiger partial charge in [0.05, 0.1) is 6.61 Å². The van der Waals surface area contributed by atoms with E-state index in [9.17, 15) is 13.2 Å². The Hall–Kier alpha value is -2.74. The van der Waals surface area contributed by atoms with E-state index < -0.39 is 12.8 Å². The smallest absolute Gasteiger partial charge is 0.422 e. The number of ether oxygens (including phenoxy) is 2. The number of nitrogens with one attached hydrogen (secondary N) is 2. The van der Waals surface area contributed by atoms with Gasteiger partial charge >= 0.3 is 6.18 Å². The van der Waals surface area contributed by atoms with E-state index in [2.05, 4.69) is 21.7 Å². The lowest BCUT2D eigenvalue weighted by atomic mass is 10.1. The second-order valence-electron chi connectivity index (χ2n) is 6.08. The number of nitrogens with zero attached hydrogens (tertiary/aromatic N) is 1. The first-order valence-corrected chi connectivity index (χ1v) is 8.69. The fourth-order valence-electron chi connectivity index (χ4n) is 2.46. The molecule has 0 saturated heterocycles. The molecule has 28 heavy (non-hydrogen) atoms. The van der Waals surface area contributed by atoms with Crippen LogP contribution in [0.5, 0.6) is 5.75 Å². The molecule has 0 amide bonds. The van der Waals surface area contributed by atoms with E-state index in [1.165, 1.54) is 12.1 Å². The summed E-state index contributed by atoms with van der Waals surface area (Å²) in [5.41, 5.74) is 3.09. The molecule has 2 aromatic carbocycles. The normalized spacial score (nSPS) is 12.0. The van der Waals surface area contributed by atoms with Crippen LogP contribution in [0, 0.1) is 0 Å².